The fourth-order valence-corrected chi connectivity index (χ4v) is 3.71. The number of rotatable bonds is 6. The summed E-state index contributed by atoms with van der Waals surface area (Å²) in [5.74, 6) is 0. The average Bonchev–Trinajstić information content (AvgIpc) is 1.70. The van der Waals surface area contributed by atoms with Gasteiger partial charge in [0.15, 0.2) is 7.25 Å². The Balaban J connectivity index is 4.72. The van der Waals surface area contributed by atoms with Crippen LogP contribution in [-0.4, -0.2) is 50.9 Å². The highest BCUT2D eigenvalue weighted by molar-refractivity contribution is 7.82. The first-order valence-electron chi connectivity index (χ1n) is 3.76. The van der Waals surface area contributed by atoms with Gasteiger partial charge in [0.05, 0.1) is 12.6 Å². The zero-order chi connectivity index (χ0) is 13.2. The predicted octanol–water partition coefficient (Wildman–Crippen LogP) is -1.16. The molecule has 0 saturated heterocycles. The lowest BCUT2D eigenvalue weighted by Gasteiger charge is -2.24. The van der Waals surface area contributed by atoms with Crippen molar-refractivity contribution >= 4 is 29.9 Å². The third kappa shape index (κ3) is 11.0. The minimum atomic E-state index is -4.54. The summed E-state index contributed by atoms with van der Waals surface area (Å²) < 4.78 is 32.3. The van der Waals surface area contributed by atoms with E-state index < -0.39 is 41.2 Å². The molecule has 13 heteroatoms. The second-order valence-electron chi connectivity index (χ2n) is 3.27. The lowest BCUT2D eigenvalue weighted by Crippen LogP contribution is -2.28. The highest BCUT2D eigenvalue weighted by Crippen LogP contribution is 2.43. The van der Waals surface area contributed by atoms with E-state index >= 15 is 0 Å². The van der Waals surface area contributed by atoms with Crippen molar-refractivity contribution < 1.29 is 33.3 Å². The van der Waals surface area contributed by atoms with Gasteiger partial charge < -0.3 is 24.1 Å². The van der Waals surface area contributed by atoms with Gasteiger partial charge in [-0.1, -0.05) is 0 Å². The van der Waals surface area contributed by atoms with Crippen LogP contribution in [0.4, 0.5) is 0 Å². The van der Waals surface area contributed by atoms with Crippen molar-refractivity contribution in [3.8, 4) is 0 Å². The molecule has 0 amide bonds. The normalized spacial score (nSPS) is 20.4. The van der Waals surface area contributed by atoms with Crippen LogP contribution in [0.2, 0.25) is 0 Å². The third-order valence-corrected chi connectivity index (χ3v) is 3.57. The van der Waals surface area contributed by atoms with Crippen molar-refractivity contribution in [2.45, 2.75) is 0 Å². The maximum atomic E-state index is 10.8. The molecule has 2 unspecified atom stereocenters. The zero-order valence-electron chi connectivity index (χ0n) is 8.08. The first-order chi connectivity index (χ1) is 6.79. The van der Waals surface area contributed by atoms with Gasteiger partial charge in [0.1, 0.15) is 6.29 Å². The molecule has 0 aliphatic carbocycles. The molecule has 0 aliphatic rings. The van der Waals surface area contributed by atoms with E-state index in [2.05, 4.69) is 0 Å². The lowest BCUT2D eigenvalue weighted by atomic mass is 10.8. The molecular weight excluding hydrogens is 280 g/mol. The Labute approximate surface area is 93.1 Å². The van der Waals surface area contributed by atoms with Crippen molar-refractivity contribution in [1.82, 2.24) is 4.90 Å². The van der Waals surface area contributed by atoms with Crippen LogP contribution in [0.25, 0.3) is 0 Å². The monoisotopic (exact) mass is 292 g/mol. The summed E-state index contributed by atoms with van der Waals surface area (Å²) in [5.41, 5.74) is 4.78. The molecule has 0 fully saturated rings. The van der Waals surface area contributed by atoms with Gasteiger partial charge in [-0.3, -0.25) is 19.5 Å². The maximum absolute atomic E-state index is 10.8. The smallest absolute Gasteiger partial charge is 0.339 e. The van der Waals surface area contributed by atoms with Gasteiger partial charge >= 0.3 is 7.60 Å². The van der Waals surface area contributed by atoms with Gasteiger partial charge in [-0.05, 0) is 0 Å². The molecule has 9 nitrogen and oxygen atoms in total. The Morgan fingerprint density at radius 3 is 1.69 bits per heavy atom. The number of hydrogen-bond donors (Lipinski definition) is 5. The Morgan fingerprint density at radius 1 is 1.00 bits per heavy atom. The molecule has 0 aliphatic heterocycles. The molecule has 0 aromatic carbocycles. The summed E-state index contributed by atoms with van der Waals surface area (Å²) in [6.07, 6.45) is -2.64. The number of nitrogens with zero attached hydrogens (tertiary/aromatic N) is 1. The van der Waals surface area contributed by atoms with E-state index in [-0.39, 0.29) is 0 Å². The fourth-order valence-electron chi connectivity index (χ4n) is 0.968. The van der Waals surface area contributed by atoms with Crippen molar-refractivity contribution in [2.24, 2.45) is 5.50 Å². The van der Waals surface area contributed by atoms with Gasteiger partial charge in [0, 0.05) is 0 Å². The predicted molar refractivity (Wildman–Crippen MR) is 58.1 cm³/mol. The molecule has 0 spiro atoms. The molecule has 0 aromatic heterocycles. The van der Waals surface area contributed by atoms with E-state index in [4.69, 9.17) is 32.6 Å². The zero-order valence-corrected chi connectivity index (χ0v) is 10.8. The Morgan fingerprint density at radius 2 is 1.44 bits per heavy atom. The van der Waals surface area contributed by atoms with Crippen molar-refractivity contribution in [2.75, 3.05) is 18.9 Å². The van der Waals surface area contributed by atoms with Gasteiger partial charge in [0.2, 0.25) is 7.57 Å². The van der Waals surface area contributed by atoms with Crippen LogP contribution in [0.15, 0.2) is 0 Å². The molecule has 2 atom stereocenters. The van der Waals surface area contributed by atoms with Crippen molar-refractivity contribution in [1.29, 1.82) is 0 Å². The van der Waals surface area contributed by atoms with Gasteiger partial charge in [-0.2, -0.15) is 0 Å². The highest BCUT2D eigenvalue weighted by atomic mass is 31.2. The van der Waals surface area contributed by atoms with E-state index in [0.29, 0.717) is 4.90 Å². The Bertz CT molecular complexity index is 312. The largest absolute Gasteiger partial charge is 0.351 e. The second kappa shape index (κ2) is 5.44. The van der Waals surface area contributed by atoms with Gasteiger partial charge in [0.25, 0.3) is 7.52 Å². The first kappa shape index (κ1) is 16.5. The second-order valence-corrected chi connectivity index (χ2v) is 8.47. The molecule has 94 valence electrons. The van der Waals surface area contributed by atoms with E-state index in [1.807, 2.05) is 0 Å². The molecule has 6 N–H and O–H groups in total. The summed E-state index contributed by atoms with van der Waals surface area (Å²) in [4.78, 5) is 35.5. The van der Waals surface area contributed by atoms with E-state index in [1.165, 1.54) is 0 Å². The minimum absolute atomic E-state index is 0.586. The SMILES string of the molecule is [B]P(=O)(O)CN(CP(N)(=O)O)CP(=O)(O)O. The van der Waals surface area contributed by atoms with Crippen LogP contribution >= 0.6 is 22.4 Å². The molecule has 0 saturated carbocycles. The molecule has 2 radical (unpaired) electrons. The molecule has 0 heterocycles. The Kier molecular flexibility index (Phi) is 5.61. The summed E-state index contributed by atoms with van der Waals surface area (Å²) in [6, 6.07) is 0. The fraction of sp³-hybridized carbons (Fsp3) is 1.00. The molecule has 0 aromatic rings. The molecule has 0 bridgehead atoms. The first-order valence-corrected chi connectivity index (χ1v) is 9.39. The van der Waals surface area contributed by atoms with E-state index in [0.717, 1.165) is 0 Å². The highest BCUT2D eigenvalue weighted by Gasteiger charge is 2.28. The number of nitrogens with two attached hydrogens (primary N) is 1. The minimum Gasteiger partial charge on any atom is -0.351 e. The van der Waals surface area contributed by atoms with Crippen LogP contribution in [-0.2, 0) is 13.7 Å². The number of hydrogen-bond acceptors (Lipinski definition) is 4. The summed E-state index contributed by atoms with van der Waals surface area (Å²) in [6.45, 7) is 0. The van der Waals surface area contributed by atoms with Crippen LogP contribution < -0.4 is 5.50 Å². The van der Waals surface area contributed by atoms with Crippen molar-refractivity contribution in [3.05, 3.63) is 0 Å². The van der Waals surface area contributed by atoms with Crippen molar-refractivity contribution in [3.63, 3.8) is 0 Å². The lowest BCUT2D eigenvalue weighted by molar-refractivity contribution is 0.313. The van der Waals surface area contributed by atoms with Crippen LogP contribution in [0, 0.1) is 0 Å². The standard InChI is InChI=1S/C3H12BN2O7P3/c4-14(7,8)1-6(2-15(5,9)10)3-16(11,12)13/h1-3H2,(H,7,8)(H3,5,9,10)(H2,11,12,13). The molecule has 16 heavy (non-hydrogen) atoms. The van der Waals surface area contributed by atoms with Crippen LogP contribution in [0.3, 0.4) is 0 Å². The quantitative estimate of drug-likeness (QED) is 0.300. The van der Waals surface area contributed by atoms with Crippen LogP contribution in [0.1, 0.15) is 0 Å². The summed E-state index contributed by atoms with van der Waals surface area (Å²) >= 11 is 0. The summed E-state index contributed by atoms with van der Waals surface area (Å²) in [5, 5.41) is 0. The van der Waals surface area contributed by atoms with Crippen LogP contribution in [0.5, 0.6) is 0 Å². The van der Waals surface area contributed by atoms with E-state index in [9.17, 15) is 13.7 Å². The molecular formula is C3H12BN2O7P3. The summed E-state index contributed by atoms with van der Waals surface area (Å²) in [7, 11) is -7.96. The third-order valence-electron chi connectivity index (χ3n) is 1.19. The topological polar surface area (TPSA) is 161 Å². The molecule has 0 rings (SSSR count). The average molecular weight is 292 g/mol. The van der Waals surface area contributed by atoms with Gasteiger partial charge in [-0.15, -0.1) is 0 Å². The van der Waals surface area contributed by atoms with Gasteiger partial charge in [-0.25, -0.2) is 0 Å². The van der Waals surface area contributed by atoms with E-state index in [1.54, 1.807) is 0 Å². The Hall–Kier alpha value is 0.515. The maximum Gasteiger partial charge on any atom is 0.339 e.